The van der Waals surface area contributed by atoms with Crippen LogP contribution < -0.4 is 0 Å². The molecule has 0 bridgehead atoms. The minimum atomic E-state index is -0.766. The van der Waals surface area contributed by atoms with Gasteiger partial charge in [0, 0.05) is 12.5 Å². The maximum atomic E-state index is 10.6. The van der Waals surface area contributed by atoms with Crippen LogP contribution in [-0.4, -0.2) is 38.7 Å². The first kappa shape index (κ1) is 15.7. The molecule has 114 valence electrons. The van der Waals surface area contributed by atoms with E-state index in [1.54, 1.807) is 11.3 Å². The van der Waals surface area contributed by atoms with E-state index >= 15 is 0 Å². The van der Waals surface area contributed by atoms with Crippen LogP contribution in [-0.2, 0) is 11.3 Å². The van der Waals surface area contributed by atoms with Crippen LogP contribution in [0.25, 0.3) is 10.8 Å². The summed E-state index contributed by atoms with van der Waals surface area (Å²) < 4.78 is 5.26. The van der Waals surface area contributed by atoms with E-state index in [9.17, 15) is 4.79 Å². The highest BCUT2D eigenvalue weighted by Gasteiger charge is 2.16. The molecule has 0 radical (unpaired) electrons. The molecule has 2 rings (SSSR count). The number of hydrogen-bond acceptors (Lipinski definition) is 6. The lowest BCUT2D eigenvalue weighted by Crippen LogP contribution is -2.32. The zero-order chi connectivity index (χ0) is 15.2. The van der Waals surface area contributed by atoms with Gasteiger partial charge in [-0.15, -0.1) is 11.3 Å². The highest BCUT2D eigenvalue weighted by atomic mass is 32.1. The molecule has 6 nitrogen and oxygen atoms in total. The Morgan fingerprint density at radius 1 is 1.52 bits per heavy atom. The SMILES string of the molecule is CC(C)N(CCCC(=O)O)Cc1noc(-c2cccs2)n1. The highest BCUT2D eigenvalue weighted by Crippen LogP contribution is 2.22. The zero-order valence-electron chi connectivity index (χ0n) is 12.2. The van der Waals surface area contributed by atoms with E-state index in [1.807, 2.05) is 17.5 Å². The van der Waals surface area contributed by atoms with Gasteiger partial charge < -0.3 is 9.63 Å². The number of carboxylic acids is 1. The maximum absolute atomic E-state index is 10.6. The van der Waals surface area contributed by atoms with Gasteiger partial charge in [0.05, 0.1) is 11.4 Å². The average molecular weight is 309 g/mol. The second-order valence-corrected chi connectivity index (χ2v) is 6.00. The average Bonchev–Trinajstić information content (AvgIpc) is 3.07. The van der Waals surface area contributed by atoms with Gasteiger partial charge in [0.15, 0.2) is 5.82 Å². The third kappa shape index (κ3) is 4.64. The van der Waals surface area contributed by atoms with Gasteiger partial charge >= 0.3 is 5.97 Å². The van der Waals surface area contributed by atoms with E-state index in [0.717, 1.165) is 4.88 Å². The summed E-state index contributed by atoms with van der Waals surface area (Å²) in [6, 6.07) is 4.17. The highest BCUT2D eigenvalue weighted by molar-refractivity contribution is 7.13. The van der Waals surface area contributed by atoms with Crippen molar-refractivity contribution < 1.29 is 14.4 Å². The predicted molar refractivity (Wildman–Crippen MR) is 80.0 cm³/mol. The summed E-state index contributed by atoms with van der Waals surface area (Å²) in [6.45, 7) is 5.40. The quantitative estimate of drug-likeness (QED) is 0.807. The Kier molecular flexibility index (Phi) is 5.46. The van der Waals surface area contributed by atoms with E-state index in [1.165, 1.54) is 0 Å². The van der Waals surface area contributed by atoms with Gasteiger partial charge in [-0.05, 0) is 38.3 Å². The van der Waals surface area contributed by atoms with Crippen molar-refractivity contribution in [3.8, 4) is 10.8 Å². The normalized spacial score (nSPS) is 11.4. The molecule has 0 aliphatic carbocycles. The number of aliphatic carboxylic acids is 1. The molecule has 0 saturated heterocycles. The van der Waals surface area contributed by atoms with Crippen LogP contribution in [0.5, 0.6) is 0 Å². The molecule has 0 unspecified atom stereocenters. The first-order valence-corrected chi connectivity index (χ1v) is 7.76. The van der Waals surface area contributed by atoms with Crippen LogP contribution in [0, 0.1) is 0 Å². The van der Waals surface area contributed by atoms with Crippen molar-refractivity contribution in [1.82, 2.24) is 15.0 Å². The summed E-state index contributed by atoms with van der Waals surface area (Å²) in [5.74, 6) is 0.398. The fourth-order valence-electron chi connectivity index (χ4n) is 1.95. The van der Waals surface area contributed by atoms with Crippen molar-refractivity contribution >= 4 is 17.3 Å². The molecule has 1 N–H and O–H groups in total. The number of carbonyl (C=O) groups is 1. The maximum Gasteiger partial charge on any atom is 0.303 e. The second kappa shape index (κ2) is 7.33. The Morgan fingerprint density at radius 2 is 2.33 bits per heavy atom. The Balaban J connectivity index is 1.95. The number of hydrogen-bond donors (Lipinski definition) is 1. The summed E-state index contributed by atoms with van der Waals surface area (Å²) in [6.07, 6.45) is 0.791. The molecule has 2 aromatic heterocycles. The Bertz CT molecular complexity index is 566. The molecule has 7 heteroatoms. The lowest BCUT2D eigenvalue weighted by atomic mass is 10.2. The smallest absolute Gasteiger partial charge is 0.303 e. The van der Waals surface area contributed by atoms with Crippen molar-refractivity contribution in [1.29, 1.82) is 0 Å². The van der Waals surface area contributed by atoms with E-state index in [0.29, 0.717) is 37.3 Å². The van der Waals surface area contributed by atoms with Crippen LogP contribution in [0.3, 0.4) is 0 Å². The number of aromatic nitrogens is 2. The van der Waals surface area contributed by atoms with Gasteiger partial charge in [0.1, 0.15) is 0 Å². The minimum absolute atomic E-state index is 0.176. The first-order chi connectivity index (χ1) is 10.1. The Hall–Kier alpha value is -1.73. The summed E-state index contributed by atoms with van der Waals surface area (Å²) >= 11 is 1.56. The van der Waals surface area contributed by atoms with Crippen LogP contribution in [0.15, 0.2) is 22.0 Å². The summed E-state index contributed by atoms with van der Waals surface area (Å²) in [5.41, 5.74) is 0. The lowest BCUT2D eigenvalue weighted by Gasteiger charge is -2.24. The number of rotatable bonds is 8. The molecule has 0 aromatic carbocycles. The topological polar surface area (TPSA) is 79.5 Å². The van der Waals surface area contributed by atoms with E-state index < -0.39 is 5.97 Å². The first-order valence-electron chi connectivity index (χ1n) is 6.88. The van der Waals surface area contributed by atoms with Gasteiger partial charge in [-0.3, -0.25) is 9.69 Å². The molecule has 0 aliphatic heterocycles. The van der Waals surface area contributed by atoms with Crippen molar-refractivity contribution in [2.75, 3.05) is 6.54 Å². The van der Waals surface area contributed by atoms with Crippen molar-refractivity contribution in [2.24, 2.45) is 0 Å². The lowest BCUT2D eigenvalue weighted by molar-refractivity contribution is -0.137. The second-order valence-electron chi connectivity index (χ2n) is 5.05. The van der Waals surface area contributed by atoms with E-state index in [2.05, 4.69) is 28.9 Å². The molecule has 2 heterocycles. The molecular weight excluding hydrogens is 290 g/mol. The summed E-state index contributed by atoms with van der Waals surface area (Å²) in [7, 11) is 0. The molecule has 21 heavy (non-hydrogen) atoms. The minimum Gasteiger partial charge on any atom is -0.481 e. The monoisotopic (exact) mass is 309 g/mol. The standard InChI is InChI=1S/C14H19N3O3S/c1-10(2)17(7-3-6-13(18)19)9-12-15-14(20-16-12)11-5-4-8-21-11/h4-5,8,10H,3,6-7,9H2,1-2H3,(H,18,19). The summed E-state index contributed by atoms with van der Waals surface area (Å²) in [5, 5.41) is 14.7. The van der Waals surface area contributed by atoms with Crippen LogP contribution in [0.1, 0.15) is 32.5 Å². The van der Waals surface area contributed by atoms with Gasteiger partial charge in [0.2, 0.25) is 0 Å². The fourth-order valence-corrected chi connectivity index (χ4v) is 2.60. The molecule has 0 aliphatic rings. The zero-order valence-corrected chi connectivity index (χ0v) is 13.0. The number of thiophene rings is 1. The van der Waals surface area contributed by atoms with Crippen molar-refractivity contribution in [2.45, 2.75) is 39.3 Å². The molecule has 0 saturated carbocycles. The van der Waals surface area contributed by atoms with Crippen molar-refractivity contribution in [3.05, 3.63) is 23.3 Å². The third-order valence-corrected chi connectivity index (χ3v) is 3.97. The van der Waals surface area contributed by atoms with E-state index in [4.69, 9.17) is 9.63 Å². The largest absolute Gasteiger partial charge is 0.481 e. The van der Waals surface area contributed by atoms with Gasteiger partial charge in [-0.2, -0.15) is 4.98 Å². The van der Waals surface area contributed by atoms with Crippen LogP contribution in [0.4, 0.5) is 0 Å². The molecular formula is C14H19N3O3S. The summed E-state index contributed by atoms with van der Waals surface area (Å²) in [4.78, 5) is 18.1. The fraction of sp³-hybridized carbons (Fsp3) is 0.500. The van der Waals surface area contributed by atoms with Crippen molar-refractivity contribution in [3.63, 3.8) is 0 Å². The van der Waals surface area contributed by atoms with Crippen LogP contribution in [0.2, 0.25) is 0 Å². The Labute approximate surface area is 127 Å². The van der Waals surface area contributed by atoms with Crippen LogP contribution >= 0.6 is 11.3 Å². The third-order valence-electron chi connectivity index (χ3n) is 3.11. The molecule has 2 aromatic rings. The number of nitrogens with zero attached hydrogens (tertiary/aromatic N) is 3. The molecule has 0 spiro atoms. The molecule has 0 atom stereocenters. The van der Waals surface area contributed by atoms with E-state index in [-0.39, 0.29) is 6.42 Å². The predicted octanol–water partition coefficient (Wildman–Crippen LogP) is 2.87. The molecule has 0 fully saturated rings. The van der Waals surface area contributed by atoms with Gasteiger partial charge in [-0.1, -0.05) is 11.2 Å². The van der Waals surface area contributed by atoms with Gasteiger partial charge in [0.25, 0.3) is 5.89 Å². The molecule has 0 amide bonds. The number of carboxylic acid groups (broad SMARTS) is 1. The Morgan fingerprint density at radius 3 is 2.95 bits per heavy atom. The van der Waals surface area contributed by atoms with Gasteiger partial charge in [-0.25, -0.2) is 0 Å².